The Hall–Kier alpha value is -2.16. The Morgan fingerprint density at radius 3 is 2.15 bits per heavy atom. The van der Waals surface area contributed by atoms with E-state index in [-0.39, 0.29) is 0 Å². The number of methoxy groups -OCH3 is 2. The van der Waals surface area contributed by atoms with Crippen LogP contribution in [0.3, 0.4) is 0 Å². The summed E-state index contributed by atoms with van der Waals surface area (Å²) in [6.07, 6.45) is 0. The topological polar surface area (TPSA) is 30.5 Å². The van der Waals surface area contributed by atoms with Crippen molar-refractivity contribution < 1.29 is 9.47 Å². The summed E-state index contributed by atoms with van der Waals surface area (Å²) in [6.45, 7) is 4.38. The van der Waals surface area contributed by atoms with Gasteiger partial charge in [-0.25, -0.2) is 0 Å². The zero-order valence-electron chi connectivity index (χ0n) is 12.4. The molecule has 0 aromatic heterocycles. The Kier molecular flexibility index (Phi) is 4.51. The van der Waals surface area contributed by atoms with E-state index in [1.165, 1.54) is 5.56 Å². The number of para-hydroxylation sites is 1. The fourth-order valence-electron chi connectivity index (χ4n) is 2.09. The molecule has 0 radical (unpaired) electrons. The average molecular weight is 271 g/mol. The van der Waals surface area contributed by atoms with E-state index in [9.17, 15) is 0 Å². The number of hydrogen-bond donors (Lipinski definition) is 1. The van der Waals surface area contributed by atoms with Crippen molar-refractivity contribution in [3.05, 3.63) is 48.0 Å². The van der Waals surface area contributed by atoms with Gasteiger partial charge in [0.2, 0.25) is 0 Å². The van der Waals surface area contributed by atoms with Crippen LogP contribution in [0.5, 0.6) is 11.5 Å². The lowest BCUT2D eigenvalue weighted by molar-refractivity contribution is 0.356. The molecule has 0 bridgehead atoms. The largest absolute Gasteiger partial charge is 0.493 e. The van der Waals surface area contributed by atoms with Crippen LogP contribution in [-0.4, -0.2) is 14.2 Å². The van der Waals surface area contributed by atoms with Gasteiger partial charge in [-0.1, -0.05) is 32.0 Å². The number of rotatable bonds is 5. The van der Waals surface area contributed by atoms with Gasteiger partial charge in [0, 0.05) is 5.69 Å². The Labute approximate surface area is 120 Å². The molecule has 106 valence electrons. The highest BCUT2D eigenvalue weighted by Crippen LogP contribution is 2.36. The van der Waals surface area contributed by atoms with Crippen LogP contribution in [0.25, 0.3) is 0 Å². The van der Waals surface area contributed by atoms with Crippen molar-refractivity contribution in [3.63, 3.8) is 0 Å². The minimum absolute atomic E-state index is 0.537. The molecule has 0 saturated heterocycles. The monoisotopic (exact) mass is 271 g/mol. The Morgan fingerprint density at radius 1 is 0.900 bits per heavy atom. The van der Waals surface area contributed by atoms with Crippen molar-refractivity contribution in [2.24, 2.45) is 0 Å². The molecule has 0 aliphatic rings. The molecule has 20 heavy (non-hydrogen) atoms. The summed E-state index contributed by atoms with van der Waals surface area (Å²) in [5, 5.41) is 3.36. The van der Waals surface area contributed by atoms with Gasteiger partial charge in [-0.3, -0.25) is 0 Å². The van der Waals surface area contributed by atoms with E-state index in [2.05, 4.69) is 43.4 Å². The molecule has 0 fully saturated rings. The van der Waals surface area contributed by atoms with Gasteiger partial charge in [-0.2, -0.15) is 0 Å². The molecule has 0 saturated carbocycles. The fraction of sp³-hybridized carbons (Fsp3) is 0.294. The highest BCUT2D eigenvalue weighted by atomic mass is 16.5. The lowest BCUT2D eigenvalue weighted by Crippen LogP contribution is -1.97. The van der Waals surface area contributed by atoms with Crippen LogP contribution in [0.15, 0.2) is 42.5 Å². The summed E-state index contributed by atoms with van der Waals surface area (Å²) in [6, 6.07) is 14.2. The Bertz CT molecular complexity index is 562. The molecule has 0 aliphatic carbocycles. The molecule has 0 atom stereocenters. The second-order valence-electron chi connectivity index (χ2n) is 4.94. The Balaban J connectivity index is 2.25. The van der Waals surface area contributed by atoms with Crippen LogP contribution in [0.1, 0.15) is 25.3 Å². The summed E-state index contributed by atoms with van der Waals surface area (Å²) in [5.41, 5.74) is 3.25. The molecule has 0 amide bonds. The third kappa shape index (κ3) is 3.05. The predicted molar refractivity (Wildman–Crippen MR) is 83.4 cm³/mol. The van der Waals surface area contributed by atoms with Gasteiger partial charge in [0.05, 0.1) is 19.9 Å². The second-order valence-corrected chi connectivity index (χ2v) is 4.94. The third-order valence-corrected chi connectivity index (χ3v) is 3.26. The van der Waals surface area contributed by atoms with Gasteiger partial charge in [-0.05, 0) is 35.7 Å². The van der Waals surface area contributed by atoms with Crippen LogP contribution in [0.2, 0.25) is 0 Å². The minimum Gasteiger partial charge on any atom is -0.493 e. The first-order chi connectivity index (χ1) is 9.65. The normalized spacial score (nSPS) is 10.4. The quantitative estimate of drug-likeness (QED) is 0.864. The first-order valence-corrected chi connectivity index (χ1v) is 6.73. The maximum absolute atomic E-state index is 5.41. The van der Waals surface area contributed by atoms with E-state index in [1.807, 2.05) is 18.2 Å². The maximum atomic E-state index is 5.41. The molecule has 0 unspecified atom stereocenters. The van der Waals surface area contributed by atoms with Crippen LogP contribution >= 0.6 is 0 Å². The van der Waals surface area contributed by atoms with Gasteiger partial charge >= 0.3 is 0 Å². The predicted octanol–water partition coefficient (Wildman–Crippen LogP) is 4.57. The standard InChI is InChI=1S/C17H21NO2/c1-12(2)13-8-10-14(11-9-13)18-15-6-5-7-16(19-3)17(15)20-4/h5-12,18H,1-4H3. The van der Waals surface area contributed by atoms with Crippen molar-refractivity contribution in [2.45, 2.75) is 19.8 Å². The van der Waals surface area contributed by atoms with Crippen LogP contribution in [0.4, 0.5) is 11.4 Å². The van der Waals surface area contributed by atoms with Crippen LogP contribution in [0, 0.1) is 0 Å². The van der Waals surface area contributed by atoms with Crippen LogP contribution in [-0.2, 0) is 0 Å². The highest BCUT2D eigenvalue weighted by Gasteiger charge is 2.09. The molecule has 0 spiro atoms. The molecular weight excluding hydrogens is 250 g/mol. The summed E-state index contributed by atoms with van der Waals surface area (Å²) in [4.78, 5) is 0. The summed E-state index contributed by atoms with van der Waals surface area (Å²) < 4.78 is 10.7. The smallest absolute Gasteiger partial charge is 0.184 e. The van der Waals surface area contributed by atoms with E-state index < -0.39 is 0 Å². The van der Waals surface area contributed by atoms with Crippen molar-refractivity contribution in [1.82, 2.24) is 0 Å². The zero-order chi connectivity index (χ0) is 14.5. The number of anilines is 2. The van der Waals surface area contributed by atoms with E-state index in [4.69, 9.17) is 9.47 Å². The molecule has 3 nitrogen and oxygen atoms in total. The van der Waals surface area contributed by atoms with Crippen molar-refractivity contribution in [2.75, 3.05) is 19.5 Å². The molecule has 2 aromatic carbocycles. The number of benzene rings is 2. The van der Waals surface area contributed by atoms with Gasteiger partial charge < -0.3 is 14.8 Å². The molecule has 3 heteroatoms. The van der Waals surface area contributed by atoms with E-state index in [0.29, 0.717) is 11.7 Å². The van der Waals surface area contributed by atoms with Gasteiger partial charge in [0.1, 0.15) is 0 Å². The second kappa shape index (κ2) is 6.33. The highest BCUT2D eigenvalue weighted by molar-refractivity contribution is 5.70. The van der Waals surface area contributed by atoms with Gasteiger partial charge in [0.25, 0.3) is 0 Å². The third-order valence-electron chi connectivity index (χ3n) is 3.26. The lowest BCUT2D eigenvalue weighted by Gasteiger charge is -2.14. The van der Waals surface area contributed by atoms with Gasteiger partial charge in [-0.15, -0.1) is 0 Å². The molecule has 0 heterocycles. The van der Waals surface area contributed by atoms with E-state index in [1.54, 1.807) is 14.2 Å². The van der Waals surface area contributed by atoms with Crippen LogP contribution < -0.4 is 14.8 Å². The molecule has 2 aromatic rings. The Morgan fingerprint density at radius 2 is 1.60 bits per heavy atom. The van der Waals surface area contributed by atoms with Crippen molar-refractivity contribution in [3.8, 4) is 11.5 Å². The number of ether oxygens (including phenoxy) is 2. The van der Waals surface area contributed by atoms with Crippen molar-refractivity contribution in [1.29, 1.82) is 0 Å². The lowest BCUT2D eigenvalue weighted by atomic mass is 10.0. The van der Waals surface area contributed by atoms with Crippen molar-refractivity contribution >= 4 is 11.4 Å². The maximum Gasteiger partial charge on any atom is 0.184 e. The van der Waals surface area contributed by atoms with Gasteiger partial charge in [0.15, 0.2) is 11.5 Å². The molecular formula is C17H21NO2. The fourth-order valence-corrected chi connectivity index (χ4v) is 2.09. The molecule has 0 aliphatic heterocycles. The zero-order valence-corrected chi connectivity index (χ0v) is 12.4. The SMILES string of the molecule is COc1cccc(Nc2ccc(C(C)C)cc2)c1OC. The number of hydrogen-bond acceptors (Lipinski definition) is 3. The van der Waals surface area contributed by atoms with E-state index >= 15 is 0 Å². The molecule has 1 N–H and O–H groups in total. The summed E-state index contributed by atoms with van der Waals surface area (Å²) in [7, 11) is 3.28. The first-order valence-electron chi connectivity index (χ1n) is 6.73. The average Bonchev–Trinajstić information content (AvgIpc) is 2.47. The molecule has 2 rings (SSSR count). The van der Waals surface area contributed by atoms with E-state index in [0.717, 1.165) is 17.1 Å². The summed E-state index contributed by atoms with van der Waals surface area (Å²) >= 11 is 0. The summed E-state index contributed by atoms with van der Waals surface area (Å²) in [5.74, 6) is 1.97. The minimum atomic E-state index is 0.537. The first kappa shape index (κ1) is 14.3. The number of nitrogens with one attached hydrogen (secondary N) is 1.